The van der Waals surface area contributed by atoms with E-state index in [1.54, 1.807) is 29.2 Å². The second-order valence-electron chi connectivity index (χ2n) is 6.47. The van der Waals surface area contributed by atoms with Crippen LogP contribution in [0.15, 0.2) is 54.6 Å². The van der Waals surface area contributed by atoms with Gasteiger partial charge in [0.05, 0.1) is 11.3 Å². The molecule has 2 aromatic rings. The average Bonchev–Trinajstić information content (AvgIpc) is 2.68. The molecule has 0 saturated carbocycles. The predicted octanol–water partition coefficient (Wildman–Crippen LogP) is 4.20. The maximum absolute atomic E-state index is 13.0. The number of benzene rings is 2. The first-order valence-corrected chi connectivity index (χ1v) is 8.67. The summed E-state index contributed by atoms with van der Waals surface area (Å²) in [5, 5.41) is 2.40. The molecule has 1 fully saturated rings. The van der Waals surface area contributed by atoms with Crippen LogP contribution in [0.1, 0.15) is 28.8 Å². The molecule has 0 spiro atoms. The van der Waals surface area contributed by atoms with Crippen LogP contribution in [0.3, 0.4) is 0 Å². The van der Waals surface area contributed by atoms with Crippen molar-refractivity contribution in [3.8, 4) is 0 Å². The van der Waals surface area contributed by atoms with Crippen molar-refractivity contribution < 1.29 is 22.8 Å². The van der Waals surface area contributed by atoms with Crippen molar-refractivity contribution in [3.63, 3.8) is 0 Å². The zero-order chi connectivity index (χ0) is 19.4. The normalized spacial score (nSPS) is 15.4. The molecule has 1 N–H and O–H groups in total. The minimum atomic E-state index is -4.53. The van der Waals surface area contributed by atoms with Gasteiger partial charge in [-0.25, -0.2) is 0 Å². The molecule has 0 bridgehead atoms. The number of amides is 2. The molecule has 27 heavy (non-hydrogen) atoms. The molecule has 0 aliphatic carbocycles. The Balaban J connectivity index is 1.61. The number of hydrogen-bond acceptors (Lipinski definition) is 2. The molecule has 1 aliphatic heterocycles. The minimum absolute atomic E-state index is 0.100. The minimum Gasteiger partial charge on any atom is -0.339 e. The summed E-state index contributed by atoms with van der Waals surface area (Å²) < 4.78 is 39.1. The Morgan fingerprint density at radius 1 is 0.926 bits per heavy atom. The number of likely N-dealkylation sites (tertiary alicyclic amines) is 1. The highest BCUT2D eigenvalue weighted by atomic mass is 19.4. The molecular formula is C20H19F3N2O2. The number of anilines is 1. The first-order valence-electron chi connectivity index (χ1n) is 8.67. The summed E-state index contributed by atoms with van der Waals surface area (Å²) in [4.78, 5) is 26.5. The molecule has 0 aromatic heterocycles. The Bertz CT molecular complexity index is 813. The molecule has 2 aromatic carbocycles. The standard InChI is InChI=1S/C20H19F3N2O2/c21-20(22,23)16-8-4-5-9-17(16)24-18(26)14-10-12-25(13-11-14)19(27)15-6-2-1-3-7-15/h1-9,14H,10-13H2,(H,24,26). The average molecular weight is 376 g/mol. The van der Waals surface area contributed by atoms with Crippen LogP contribution in [-0.4, -0.2) is 29.8 Å². The molecule has 1 aliphatic rings. The van der Waals surface area contributed by atoms with Gasteiger partial charge in [-0.05, 0) is 37.1 Å². The van der Waals surface area contributed by atoms with Crippen LogP contribution in [-0.2, 0) is 11.0 Å². The summed E-state index contributed by atoms with van der Waals surface area (Å²) in [6.07, 6.45) is -3.70. The van der Waals surface area contributed by atoms with Gasteiger partial charge in [0, 0.05) is 24.6 Å². The Labute approximate surface area is 155 Å². The van der Waals surface area contributed by atoms with Gasteiger partial charge in [-0.3, -0.25) is 9.59 Å². The summed E-state index contributed by atoms with van der Waals surface area (Å²) in [5.41, 5.74) is -0.521. The molecular weight excluding hydrogens is 357 g/mol. The molecule has 0 atom stereocenters. The van der Waals surface area contributed by atoms with E-state index in [4.69, 9.17) is 0 Å². The number of para-hydroxylation sites is 1. The number of rotatable bonds is 3. The SMILES string of the molecule is O=C(Nc1ccccc1C(F)(F)F)C1CCN(C(=O)c2ccccc2)CC1. The van der Waals surface area contributed by atoms with Gasteiger partial charge in [-0.1, -0.05) is 30.3 Å². The van der Waals surface area contributed by atoms with Gasteiger partial charge >= 0.3 is 6.18 Å². The van der Waals surface area contributed by atoms with Gasteiger partial charge in [-0.15, -0.1) is 0 Å². The lowest BCUT2D eigenvalue weighted by molar-refractivity contribution is -0.137. The molecule has 0 radical (unpaired) electrons. The van der Waals surface area contributed by atoms with Gasteiger partial charge < -0.3 is 10.2 Å². The summed E-state index contributed by atoms with van der Waals surface area (Å²) in [5.74, 6) is -0.971. The van der Waals surface area contributed by atoms with Crippen molar-refractivity contribution in [1.82, 2.24) is 4.90 Å². The smallest absolute Gasteiger partial charge is 0.339 e. The number of carbonyl (C=O) groups excluding carboxylic acids is 2. The molecule has 2 amide bonds. The lowest BCUT2D eigenvalue weighted by Gasteiger charge is -2.31. The largest absolute Gasteiger partial charge is 0.418 e. The van der Waals surface area contributed by atoms with Gasteiger partial charge in [-0.2, -0.15) is 13.2 Å². The van der Waals surface area contributed by atoms with Crippen LogP contribution < -0.4 is 5.32 Å². The van der Waals surface area contributed by atoms with Crippen molar-refractivity contribution >= 4 is 17.5 Å². The summed E-state index contributed by atoms with van der Waals surface area (Å²) in [6.45, 7) is 0.791. The molecule has 3 rings (SSSR count). The maximum Gasteiger partial charge on any atom is 0.418 e. The second-order valence-corrected chi connectivity index (χ2v) is 6.47. The van der Waals surface area contributed by atoms with Crippen molar-refractivity contribution in [1.29, 1.82) is 0 Å². The number of nitrogens with zero attached hydrogens (tertiary/aromatic N) is 1. The van der Waals surface area contributed by atoms with E-state index in [1.165, 1.54) is 18.2 Å². The zero-order valence-electron chi connectivity index (χ0n) is 14.5. The van der Waals surface area contributed by atoms with Crippen LogP contribution in [0.5, 0.6) is 0 Å². The number of carbonyl (C=O) groups is 2. The topological polar surface area (TPSA) is 49.4 Å². The Hall–Kier alpha value is -2.83. The second kappa shape index (κ2) is 7.82. The van der Waals surface area contributed by atoms with E-state index in [0.717, 1.165) is 6.07 Å². The van der Waals surface area contributed by atoms with E-state index in [9.17, 15) is 22.8 Å². The first kappa shape index (κ1) is 18.9. The highest BCUT2D eigenvalue weighted by Gasteiger charge is 2.34. The van der Waals surface area contributed by atoms with Crippen LogP contribution in [0.4, 0.5) is 18.9 Å². The first-order chi connectivity index (χ1) is 12.9. The quantitative estimate of drug-likeness (QED) is 0.873. The molecule has 0 unspecified atom stereocenters. The third-order valence-electron chi connectivity index (χ3n) is 4.66. The number of nitrogens with one attached hydrogen (secondary N) is 1. The van der Waals surface area contributed by atoms with Crippen LogP contribution >= 0.6 is 0 Å². The molecule has 1 heterocycles. The molecule has 1 saturated heterocycles. The highest BCUT2D eigenvalue weighted by Crippen LogP contribution is 2.35. The van der Waals surface area contributed by atoms with Gasteiger partial charge in [0.1, 0.15) is 0 Å². The summed E-state index contributed by atoms with van der Waals surface area (Å²) in [6, 6.07) is 13.8. The van der Waals surface area contributed by atoms with Crippen LogP contribution in [0.2, 0.25) is 0 Å². The van der Waals surface area contributed by atoms with Gasteiger partial charge in [0.15, 0.2) is 0 Å². The molecule has 4 nitrogen and oxygen atoms in total. The fourth-order valence-electron chi connectivity index (χ4n) is 3.18. The monoisotopic (exact) mass is 376 g/mol. The van der Waals surface area contributed by atoms with Crippen molar-refractivity contribution in [2.75, 3.05) is 18.4 Å². The van der Waals surface area contributed by atoms with Crippen molar-refractivity contribution in [2.24, 2.45) is 5.92 Å². The zero-order valence-corrected chi connectivity index (χ0v) is 14.5. The van der Waals surface area contributed by atoms with Crippen molar-refractivity contribution in [3.05, 3.63) is 65.7 Å². The fourth-order valence-corrected chi connectivity index (χ4v) is 3.18. The van der Waals surface area contributed by atoms with E-state index in [-0.39, 0.29) is 11.6 Å². The highest BCUT2D eigenvalue weighted by molar-refractivity contribution is 5.95. The van der Waals surface area contributed by atoms with Gasteiger partial charge in [0.25, 0.3) is 5.91 Å². The number of alkyl halides is 3. The van der Waals surface area contributed by atoms with Crippen molar-refractivity contribution in [2.45, 2.75) is 19.0 Å². The van der Waals surface area contributed by atoms with E-state index in [1.807, 2.05) is 6.07 Å². The predicted molar refractivity (Wildman–Crippen MR) is 95.1 cm³/mol. The number of hydrogen-bond donors (Lipinski definition) is 1. The summed E-state index contributed by atoms with van der Waals surface area (Å²) >= 11 is 0. The molecule has 7 heteroatoms. The van der Waals surface area contributed by atoms with Gasteiger partial charge in [0.2, 0.25) is 5.91 Å². The number of piperidine rings is 1. The van der Waals surface area contributed by atoms with E-state index in [2.05, 4.69) is 5.32 Å². The third kappa shape index (κ3) is 4.48. The lowest BCUT2D eigenvalue weighted by atomic mass is 9.95. The number of halogens is 3. The molecule has 142 valence electrons. The Morgan fingerprint density at radius 3 is 2.15 bits per heavy atom. The fraction of sp³-hybridized carbons (Fsp3) is 0.300. The van der Waals surface area contributed by atoms with E-state index >= 15 is 0 Å². The van der Waals surface area contributed by atoms with E-state index in [0.29, 0.717) is 31.5 Å². The van der Waals surface area contributed by atoms with Crippen LogP contribution in [0, 0.1) is 5.92 Å². The lowest BCUT2D eigenvalue weighted by Crippen LogP contribution is -2.41. The Morgan fingerprint density at radius 2 is 1.52 bits per heavy atom. The third-order valence-corrected chi connectivity index (χ3v) is 4.66. The summed E-state index contributed by atoms with van der Waals surface area (Å²) in [7, 11) is 0. The van der Waals surface area contributed by atoms with E-state index < -0.39 is 23.6 Å². The Kier molecular flexibility index (Phi) is 5.48. The van der Waals surface area contributed by atoms with Crippen LogP contribution in [0.25, 0.3) is 0 Å². The maximum atomic E-state index is 13.0.